The number of ether oxygens (including phenoxy) is 1. The van der Waals surface area contributed by atoms with Crippen molar-refractivity contribution in [3.8, 4) is 5.75 Å². The second-order valence-electron chi connectivity index (χ2n) is 4.85. The van der Waals surface area contributed by atoms with E-state index in [2.05, 4.69) is 0 Å². The summed E-state index contributed by atoms with van der Waals surface area (Å²) in [5.41, 5.74) is 1.73. The van der Waals surface area contributed by atoms with Crippen LogP contribution in [0.25, 0.3) is 0 Å². The van der Waals surface area contributed by atoms with Crippen LogP contribution in [0.15, 0.2) is 18.2 Å². The van der Waals surface area contributed by atoms with Gasteiger partial charge in [-0.25, -0.2) is 0 Å². The molecule has 1 N–H and O–H groups in total. The molecule has 0 aliphatic carbocycles. The molecule has 3 nitrogen and oxygen atoms in total. The summed E-state index contributed by atoms with van der Waals surface area (Å²) in [6.45, 7) is 8.18. The molecule has 1 rings (SSSR count). The van der Waals surface area contributed by atoms with Gasteiger partial charge in [0.25, 0.3) is 0 Å². The van der Waals surface area contributed by atoms with Crippen LogP contribution in [0.5, 0.6) is 5.75 Å². The standard InChI is InChI=1S/C15H22O3/c1-5-18-14(16)9-11(4)13-8-6-7-12(10(2)3)15(13)17/h6-8,10-11,17H,5,9H2,1-4H3. The molecule has 1 atom stereocenters. The maximum atomic E-state index is 11.5. The first kappa shape index (κ1) is 14.6. The average Bonchev–Trinajstić information content (AvgIpc) is 2.28. The van der Waals surface area contributed by atoms with Crippen molar-refractivity contribution < 1.29 is 14.6 Å². The molecule has 0 aliphatic heterocycles. The van der Waals surface area contributed by atoms with Crippen LogP contribution in [0, 0.1) is 0 Å². The maximum Gasteiger partial charge on any atom is 0.306 e. The van der Waals surface area contributed by atoms with E-state index < -0.39 is 0 Å². The Kier molecular flexibility index (Phi) is 5.20. The van der Waals surface area contributed by atoms with Crippen LogP contribution >= 0.6 is 0 Å². The third-order valence-electron chi connectivity index (χ3n) is 3.03. The molecular weight excluding hydrogens is 228 g/mol. The van der Waals surface area contributed by atoms with E-state index in [4.69, 9.17) is 4.74 Å². The summed E-state index contributed by atoms with van der Waals surface area (Å²) in [5.74, 6) is 0.311. The van der Waals surface area contributed by atoms with Gasteiger partial charge in [0, 0.05) is 0 Å². The van der Waals surface area contributed by atoms with Gasteiger partial charge in [0.1, 0.15) is 5.75 Å². The number of esters is 1. The summed E-state index contributed by atoms with van der Waals surface area (Å²) in [4.78, 5) is 11.5. The monoisotopic (exact) mass is 250 g/mol. The predicted octanol–water partition coefficient (Wildman–Crippen LogP) is 3.57. The number of carbonyl (C=O) groups is 1. The summed E-state index contributed by atoms with van der Waals surface area (Å²) in [7, 11) is 0. The number of phenolic OH excluding ortho intramolecular Hbond substituents is 1. The fourth-order valence-corrected chi connectivity index (χ4v) is 2.02. The van der Waals surface area contributed by atoms with Crippen LogP contribution in [0.1, 0.15) is 57.1 Å². The van der Waals surface area contributed by atoms with E-state index in [1.165, 1.54) is 0 Å². The lowest BCUT2D eigenvalue weighted by Gasteiger charge is -2.16. The van der Waals surface area contributed by atoms with Crippen molar-refractivity contribution in [1.29, 1.82) is 0 Å². The van der Waals surface area contributed by atoms with Gasteiger partial charge in [-0.15, -0.1) is 0 Å². The molecule has 0 radical (unpaired) electrons. The van der Waals surface area contributed by atoms with E-state index in [1.54, 1.807) is 6.92 Å². The smallest absolute Gasteiger partial charge is 0.306 e. The molecule has 0 fully saturated rings. The Hall–Kier alpha value is -1.51. The number of aromatic hydroxyl groups is 1. The SMILES string of the molecule is CCOC(=O)CC(C)c1cccc(C(C)C)c1O. The third-order valence-corrected chi connectivity index (χ3v) is 3.03. The Balaban J connectivity index is 2.89. The van der Waals surface area contributed by atoms with E-state index in [0.717, 1.165) is 11.1 Å². The van der Waals surface area contributed by atoms with Gasteiger partial charge in [-0.3, -0.25) is 4.79 Å². The van der Waals surface area contributed by atoms with Crippen molar-refractivity contribution >= 4 is 5.97 Å². The van der Waals surface area contributed by atoms with Crippen LogP contribution in [-0.2, 0) is 9.53 Å². The molecule has 18 heavy (non-hydrogen) atoms. The summed E-state index contributed by atoms with van der Waals surface area (Å²) in [5, 5.41) is 10.2. The Morgan fingerprint density at radius 1 is 1.28 bits per heavy atom. The molecule has 1 unspecified atom stereocenters. The zero-order valence-corrected chi connectivity index (χ0v) is 11.6. The van der Waals surface area contributed by atoms with Gasteiger partial charge >= 0.3 is 5.97 Å². The third kappa shape index (κ3) is 3.49. The number of hydrogen-bond acceptors (Lipinski definition) is 3. The maximum absolute atomic E-state index is 11.5. The van der Waals surface area contributed by atoms with Crippen molar-refractivity contribution in [2.45, 2.75) is 46.0 Å². The van der Waals surface area contributed by atoms with Crippen LogP contribution in [0.4, 0.5) is 0 Å². The number of benzene rings is 1. The largest absolute Gasteiger partial charge is 0.507 e. The van der Waals surface area contributed by atoms with Crippen molar-refractivity contribution in [2.75, 3.05) is 6.61 Å². The van der Waals surface area contributed by atoms with Crippen molar-refractivity contribution in [1.82, 2.24) is 0 Å². The van der Waals surface area contributed by atoms with Crippen LogP contribution in [0.3, 0.4) is 0 Å². The topological polar surface area (TPSA) is 46.5 Å². The molecule has 3 heteroatoms. The number of hydrogen-bond donors (Lipinski definition) is 1. The minimum Gasteiger partial charge on any atom is -0.507 e. The van der Waals surface area contributed by atoms with Crippen molar-refractivity contribution in [3.63, 3.8) is 0 Å². The van der Waals surface area contributed by atoms with Crippen molar-refractivity contribution in [2.24, 2.45) is 0 Å². The Morgan fingerprint density at radius 2 is 1.89 bits per heavy atom. The van der Waals surface area contributed by atoms with Crippen LogP contribution in [0.2, 0.25) is 0 Å². The first-order valence-electron chi connectivity index (χ1n) is 6.44. The first-order valence-corrected chi connectivity index (χ1v) is 6.44. The number of para-hydroxylation sites is 1. The molecule has 0 bridgehead atoms. The first-order chi connectivity index (χ1) is 8.47. The Labute approximate surface area is 109 Å². The normalized spacial score (nSPS) is 12.5. The minimum atomic E-state index is -0.223. The van der Waals surface area contributed by atoms with E-state index in [0.29, 0.717) is 18.8 Å². The van der Waals surface area contributed by atoms with Gasteiger partial charge in [0.15, 0.2) is 0 Å². The fraction of sp³-hybridized carbons (Fsp3) is 0.533. The Bertz CT molecular complexity index is 410. The molecule has 0 saturated heterocycles. The highest BCUT2D eigenvalue weighted by molar-refractivity contribution is 5.70. The van der Waals surface area contributed by atoms with E-state index in [-0.39, 0.29) is 17.8 Å². The van der Waals surface area contributed by atoms with Gasteiger partial charge in [-0.2, -0.15) is 0 Å². The minimum absolute atomic E-state index is 0.0391. The fourth-order valence-electron chi connectivity index (χ4n) is 2.02. The lowest BCUT2D eigenvalue weighted by molar-refractivity contribution is -0.143. The van der Waals surface area contributed by atoms with Gasteiger partial charge in [-0.1, -0.05) is 39.0 Å². The highest BCUT2D eigenvalue weighted by Gasteiger charge is 2.18. The van der Waals surface area contributed by atoms with Gasteiger partial charge < -0.3 is 9.84 Å². The van der Waals surface area contributed by atoms with Gasteiger partial charge in [0.2, 0.25) is 0 Å². The summed E-state index contributed by atoms with van der Waals surface area (Å²) >= 11 is 0. The molecular formula is C15H22O3. The quantitative estimate of drug-likeness (QED) is 0.812. The molecule has 1 aromatic carbocycles. The summed E-state index contributed by atoms with van der Waals surface area (Å²) in [6.07, 6.45) is 0.295. The van der Waals surface area contributed by atoms with Crippen LogP contribution < -0.4 is 0 Å². The highest BCUT2D eigenvalue weighted by Crippen LogP contribution is 2.34. The lowest BCUT2D eigenvalue weighted by atomic mass is 9.91. The highest BCUT2D eigenvalue weighted by atomic mass is 16.5. The summed E-state index contributed by atoms with van der Waals surface area (Å²) < 4.78 is 4.93. The van der Waals surface area contributed by atoms with Crippen molar-refractivity contribution in [3.05, 3.63) is 29.3 Å². The summed E-state index contributed by atoms with van der Waals surface area (Å²) in [6, 6.07) is 5.71. The van der Waals surface area contributed by atoms with E-state index in [9.17, 15) is 9.90 Å². The number of phenols is 1. The molecule has 0 amide bonds. The second-order valence-corrected chi connectivity index (χ2v) is 4.85. The van der Waals surface area contributed by atoms with Gasteiger partial charge in [-0.05, 0) is 29.9 Å². The molecule has 1 aromatic rings. The molecule has 100 valence electrons. The molecule has 0 heterocycles. The van der Waals surface area contributed by atoms with Gasteiger partial charge in [0.05, 0.1) is 13.0 Å². The lowest BCUT2D eigenvalue weighted by Crippen LogP contribution is -2.09. The van der Waals surface area contributed by atoms with E-state index in [1.807, 2.05) is 39.0 Å². The molecule has 0 aliphatic rings. The number of rotatable bonds is 5. The Morgan fingerprint density at radius 3 is 2.44 bits per heavy atom. The molecule has 0 aromatic heterocycles. The average molecular weight is 250 g/mol. The zero-order valence-electron chi connectivity index (χ0n) is 11.6. The molecule has 0 spiro atoms. The molecule has 0 saturated carbocycles. The zero-order chi connectivity index (χ0) is 13.7. The number of carbonyl (C=O) groups excluding carboxylic acids is 1. The van der Waals surface area contributed by atoms with E-state index >= 15 is 0 Å². The predicted molar refractivity (Wildman–Crippen MR) is 71.9 cm³/mol. The van der Waals surface area contributed by atoms with Crippen LogP contribution in [-0.4, -0.2) is 17.7 Å². The second kappa shape index (κ2) is 6.43.